The molecule has 10 nitrogen and oxygen atoms in total. The molecule has 14 heteroatoms. The highest BCUT2D eigenvalue weighted by Crippen LogP contribution is 2.23. The molecule has 0 amide bonds. The largest absolute Gasteiger partial charge is 0.490 e. The van der Waals surface area contributed by atoms with Gasteiger partial charge in [-0.15, -0.1) is 0 Å². The van der Waals surface area contributed by atoms with Gasteiger partial charge in [-0.2, -0.15) is 13.2 Å². The molecule has 2 aromatic rings. The number of halogens is 3. The average Bonchev–Trinajstić information content (AvgIpc) is 3.18. The molecule has 0 atom stereocenters. The molecular formula is C18H19F3N4O6S. The molecule has 1 aromatic heterocycles. The van der Waals surface area contributed by atoms with Gasteiger partial charge in [-0.25, -0.2) is 14.6 Å². The summed E-state index contributed by atoms with van der Waals surface area (Å²) in [4.78, 5) is 37.9. The Balaban J connectivity index is 0.000000633. The Morgan fingerprint density at radius 2 is 1.78 bits per heavy atom. The van der Waals surface area contributed by atoms with Gasteiger partial charge >= 0.3 is 24.1 Å². The standard InChI is InChI=1S/C16H18N4O4S.C2HF3O2/c1-20(8-2-3-13(21)22)16-19-9-12(25-16)15(23)24-11-6-4-10(5-7-11)14(17)18;3-2(4,5)1(6)7/h4-7,9H,2-3,8H2,1H3,(H3,17,18)(H,21,22);(H,6,7). The molecule has 0 radical (unpaired) electrons. The van der Waals surface area contributed by atoms with Crippen molar-refractivity contribution in [2.24, 2.45) is 5.73 Å². The van der Waals surface area contributed by atoms with Crippen LogP contribution in [0.4, 0.5) is 18.3 Å². The number of alkyl halides is 3. The highest BCUT2D eigenvalue weighted by Gasteiger charge is 2.38. The molecule has 32 heavy (non-hydrogen) atoms. The summed E-state index contributed by atoms with van der Waals surface area (Å²) in [6, 6.07) is 6.32. The van der Waals surface area contributed by atoms with Crippen LogP contribution in [0.2, 0.25) is 0 Å². The maximum absolute atomic E-state index is 12.2. The number of nitrogens with one attached hydrogen (secondary N) is 1. The van der Waals surface area contributed by atoms with Crippen LogP contribution in [0.5, 0.6) is 5.75 Å². The van der Waals surface area contributed by atoms with Crippen LogP contribution in [-0.4, -0.2) is 58.7 Å². The van der Waals surface area contributed by atoms with Crippen LogP contribution in [0.3, 0.4) is 0 Å². The third-order valence-corrected chi connectivity index (χ3v) is 4.62. The lowest BCUT2D eigenvalue weighted by Crippen LogP contribution is -2.21. The van der Waals surface area contributed by atoms with Crippen molar-refractivity contribution in [1.29, 1.82) is 5.41 Å². The summed E-state index contributed by atoms with van der Waals surface area (Å²) < 4.78 is 37.0. The van der Waals surface area contributed by atoms with E-state index in [1.165, 1.54) is 17.5 Å². The number of carboxylic acid groups (broad SMARTS) is 2. The first-order chi connectivity index (χ1) is 14.8. The third kappa shape index (κ3) is 8.99. The van der Waals surface area contributed by atoms with Crippen molar-refractivity contribution in [2.45, 2.75) is 19.0 Å². The summed E-state index contributed by atoms with van der Waals surface area (Å²) >= 11 is 1.17. The summed E-state index contributed by atoms with van der Waals surface area (Å²) in [5, 5.41) is 23.7. The number of anilines is 1. The maximum atomic E-state index is 12.2. The van der Waals surface area contributed by atoms with E-state index in [1.54, 1.807) is 36.2 Å². The monoisotopic (exact) mass is 476 g/mol. The van der Waals surface area contributed by atoms with E-state index >= 15 is 0 Å². The fourth-order valence-corrected chi connectivity index (χ4v) is 2.74. The van der Waals surface area contributed by atoms with E-state index in [9.17, 15) is 22.8 Å². The SMILES string of the molecule is CN(CCCC(=O)O)c1ncc(C(=O)Oc2ccc(C(=N)N)cc2)s1.O=C(O)C(F)(F)F. The van der Waals surface area contributed by atoms with Gasteiger partial charge in [-0.1, -0.05) is 11.3 Å². The number of benzene rings is 1. The van der Waals surface area contributed by atoms with Crippen molar-refractivity contribution in [1.82, 2.24) is 4.98 Å². The first-order valence-corrected chi connectivity index (χ1v) is 9.48. The van der Waals surface area contributed by atoms with Gasteiger partial charge in [0, 0.05) is 25.6 Å². The summed E-state index contributed by atoms with van der Waals surface area (Å²) in [7, 11) is 1.79. The van der Waals surface area contributed by atoms with Crippen molar-refractivity contribution in [3.63, 3.8) is 0 Å². The number of thiazole rings is 1. The molecule has 0 aliphatic rings. The van der Waals surface area contributed by atoms with Crippen LogP contribution in [0.15, 0.2) is 30.5 Å². The Morgan fingerprint density at radius 1 is 1.22 bits per heavy atom. The number of nitrogens with zero attached hydrogens (tertiary/aromatic N) is 2. The highest BCUT2D eigenvalue weighted by molar-refractivity contribution is 7.17. The quantitative estimate of drug-likeness (QED) is 0.194. The molecule has 0 spiro atoms. The number of rotatable bonds is 8. The Morgan fingerprint density at radius 3 is 2.25 bits per heavy atom. The number of aromatic nitrogens is 1. The van der Waals surface area contributed by atoms with Crippen molar-refractivity contribution >= 4 is 40.2 Å². The summed E-state index contributed by atoms with van der Waals surface area (Å²) in [6.07, 6.45) is -3.07. The van der Waals surface area contributed by atoms with Gasteiger partial charge in [-0.05, 0) is 30.7 Å². The normalized spacial score (nSPS) is 10.5. The zero-order chi connectivity index (χ0) is 24.5. The molecular weight excluding hydrogens is 457 g/mol. The summed E-state index contributed by atoms with van der Waals surface area (Å²) in [5.41, 5.74) is 5.91. The second-order valence-electron chi connectivity index (χ2n) is 6.06. The fourth-order valence-electron chi connectivity index (χ4n) is 1.96. The number of nitrogens with two attached hydrogens (primary N) is 1. The minimum atomic E-state index is -5.08. The predicted octanol–water partition coefficient (Wildman–Crippen LogP) is 2.58. The number of hydrogen-bond donors (Lipinski definition) is 4. The molecule has 0 aliphatic heterocycles. The van der Waals surface area contributed by atoms with Gasteiger partial charge in [-0.3, -0.25) is 10.2 Å². The molecule has 1 heterocycles. The number of nitrogen functional groups attached to an aromatic ring is 1. The van der Waals surface area contributed by atoms with E-state index in [0.29, 0.717) is 34.3 Å². The van der Waals surface area contributed by atoms with Crippen LogP contribution < -0.4 is 15.4 Å². The van der Waals surface area contributed by atoms with Crippen LogP contribution in [-0.2, 0) is 9.59 Å². The lowest BCUT2D eigenvalue weighted by Gasteiger charge is -2.14. The molecule has 2 rings (SSSR count). The van der Waals surface area contributed by atoms with Crippen LogP contribution in [0.25, 0.3) is 0 Å². The van der Waals surface area contributed by atoms with E-state index in [1.807, 2.05) is 0 Å². The molecule has 0 saturated carbocycles. The molecule has 0 saturated heterocycles. The number of amidine groups is 1. The van der Waals surface area contributed by atoms with Crippen LogP contribution in [0, 0.1) is 5.41 Å². The zero-order valence-electron chi connectivity index (χ0n) is 16.5. The zero-order valence-corrected chi connectivity index (χ0v) is 17.4. The fraction of sp³-hybridized carbons (Fsp3) is 0.278. The van der Waals surface area contributed by atoms with Gasteiger partial charge in [0.15, 0.2) is 5.13 Å². The first-order valence-electron chi connectivity index (χ1n) is 8.66. The van der Waals surface area contributed by atoms with Gasteiger partial charge in [0.2, 0.25) is 0 Å². The number of carbonyl (C=O) groups is 3. The lowest BCUT2D eigenvalue weighted by molar-refractivity contribution is -0.192. The average molecular weight is 476 g/mol. The van der Waals surface area contributed by atoms with Crippen molar-refractivity contribution < 1.29 is 42.5 Å². The summed E-state index contributed by atoms with van der Waals surface area (Å²) in [5.74, 6) is -3.84. The van der Waals surface area contributed by atoms with Gasteiger partial charge in [0.25, 0.3) is 0 Å². The van der Waals surface area contributed by atoms with Crippen LogP contribution >= 0.6 is 11.3 Å². The maximum Gasteiger partial charge on any atom is 0.490 e. The molecule has 0 bridgehead atoms. The molecule has 5 N–H and O–H groups in total. The smallest absolute Gasteiger partial charge is 0.481 e. The van der Waals surface area contributed by atoms with E-state index < -0.39 is 24.1 Å². The van der Waals surface area contributed by atoms with Gasteiger partial charge in [0.1, 0.15) is 16.5 Å². The first kappa shape index (κ1) is 26.4. The summed E-state index contributed by atoms with van der Waals surface area (Å²) in [6.45, 7) is 0.529. The van der Waals surface area contributed by atoms with Crippen molar-refractivity contribution in [3.8, 4) is 5.75 Å². The van der Waals surface area contributed by atoms with E-state index in [0.717, 1.165) is 0 Å². The molecule has 0 unspecified atom stereocenters. The minimum Gasteiger partial charge on any atom is -0.481 e. The van der Waals surface area contributed by atoms with Gasteiger partial charge < -0.3 is 25.6 Å². The number of carbonyl (C=O) groups excluding carboxylic acids is 1. The second kappa shape index (κ2) is 11.6. The minimum absolute atomic E-state index is 0.0593. The van der Waals surface area contributed by atoms with E-state index in [-0.39, 0.29) is 12.3 Å². The molecule has 0 fully saturated rings. The highest BCUT2D eigenvalue weighted by atomic mass is 32.1. The third-order valence-electron chi connectivity index (χ3n) is 3.52. The lowest BCUT2D eigenvalue weighted by atomic mass is 10.2. The van der Waals surface area contributed by atoms with Crippen molar-refractivity contribution in [2.75, 3.05) is 18.5 Å². The van der Waals surface area contributed by atoms with Gasteiger partial charge in [0.05, 0.1) is 6.20 Å². The van der Waals surface area contributed by atoms with Crippen LogP contribution in [0.1, 0.15) is 28.1 Å². The van der Waals surface area contributed by atoms with Crippen molar-refractivity contribution in [3.05, 3.63) is 40.9 Å². The Kier molecular flexibility index (Phi) is 9.59. The Labute approximate surface area is 183 Å². The van der Waals surface area contributed by atoms with E-state index in [4.69, 9.17) is 30.9 Å². The number of ether oxygens (including phenoxy) is 1. The number of carboxylic acids is 2. The Hall–Kier alpha value is -3.68. The predicted molar refractivity (Wildman–Crippen MR) is 108 cm³/mol. The number of hydrogen-bond acceptors (Lipinski definition) is 8. The molecule has 174 valence electrons. The number of esters is 1. The molecule has 0 aliphatic carbocycles. The molecule has 1 aromatic carbocycles. The number of aliphatic carboxylic acids is 2. The Bertz CT molecular complexity index is 962. The topological polar surface area (TPSA) is 167 Å². The second-order valence-corrected chi connectivity index (χ2v) is 7.07. The van der Waals surface area contributed by atoms with E-state index in [2.05, 4.69) is 4.98 Å².